The first-order valence-corrected chi connectivity index (χ1v) is 10.7. The topological polar surface area (TPSA) is 49.3 Å². The molecular weight excluding hydrogens is 405 g/mol. The molecule has 1 aliphatic rings. The minimum absolute atomic E-state index is 0.0565. The van der Waals surface area contributed by atoms with Gasteiger partial charge in [-0.25, -0.2) is 0 Å². The number of aliphatic hydroxyl groups excluding tert-OH is 1. The van der Waals surface area contributed by atoms with E-state index in [0.717, 1.165) is 17.5 Å². The highest BCUT2D eigenvalue weighted by Crippen LogP contribution is 2.39. The van der Waals surface area contributed by atoms with Crippen molar-refractivity contribution in [1.82, 2.24) is 5.32 Å². The fourth-order valence-corrected chi connectivity index (χ4v) is 4.61. The maximum atomic E-state index is 12.7. The number of benzene rings is 2. The number of nitrogens with one attached hydrogen (secondary N) is 1. The number of allylic oxidation sites excluding steroid dienone is 1. The van der Waals surface area contributed by atoms with E-state index in [1.807, 2.05) is 30.3 Å². The largest absolute Gasteiger partial charge is 0.388 e. The van der Waals surface area contributed by atoms with Gasteiger partial charge in [0.05, 0.1) is 6.10 Å². The van der Waals surface area contributed by atoms with Crippen LogP contribution in [-0.2, 0) is 4.79 Å². The van der Waals surface area contributed by atoms with Crippen LogP contribution in [0.5, 0.6) is 0 Å². The molecule has 1 unspecified atom stereocenters. The fourth-order valence-electron chi connectivity index (χ4n) is 4.29. The maximum absolute atomic E-state index is 12.7. The monoisotopic (exact) mass is 431 g/mol. The zero-order chi connectivity index (χ0) is 21.0. The van der Waals surface area contributed by atoms with E-state index in [-0.39, 0.29) is 29.7 Å². The van der Waals surface area contributed by atoms with Crippen LogP contribution >= 0.6 is 23.2 Å². The first-order valence-electron chi connectivity index (χ1n) is 9.99. The lowest BCUT2D eigenvalue weighted by molar-refractivity contribution is -0.129. The summed E-state index contributed by atoms with van der Waals surface area (Å²) in [5.41, 5.74) is 1.94. The van der Waals surface area contributed by atoms with Gasteiger partial charge in [-0.05, 0) is 60.6 Å². The number of halogens is 2. The summed E-state index contributed by atoms with van der Waals surface area (Å²) in [4.78, 5) is 12.7. The van der Waals surface area contributed by atoms with Gasteiger partial charge >= 0.3 is 0 Å². The molecule has 2 N–H and O–H groups in total. The second-order valence-corrected chi connectivity index (χ2v) is 8.81. The Morgan fingerprint density at radius 1 is 1.21 bits per heavy atom. The van der Waals surface area contributed by atoms with E-state index in [4.69, 9.17) is 23.2 Å². The van der Waals surface area contributed by atoms with Gasteiger partial charge in [0.25, 0.3) is 0 Å². The van der Waals surface area contributed by atoms with E-state index >= 15 is 0 Å². The van der Waals surface area contributed by atoms with Gasteiger partial charge in [-0.2, -0.15) is 0 Å². The molecule has 2 aromatic rings. The number of aliphatic hydroxyl groups is 1. The summed E-state index contributed by atoms with van der Waals surface area (Å²) < 4.78 is 0. The van der Waals surface area contributed by atoms with Crippen LogP contribution in [0.2, 0.25) is 10.0 Å². The number of piperidine rings is 1. The van der Waals surface area contributed by atoms with Crippen LogP contribution in [0.4, 0.5) is 0 Å². The van der Waals surface area contributed by atoms with Gasteiger partial charge in [-0.3, -0.25) is 4.79 Å². The van der Waals surface area contributed by atoms with Crippen molar-refractivity contribution in [3.8, 4) is 0 Å². The Bertz CT molecular complexity index is 852. The molecule has 154 valence electrons. The SMILES string of the molecule is C=CC[C@H]1C[C@H](c2cccc(Cl)c2)[C@H](C(C)C[C@H](O)c2ccc(Cl)cc2)NC1=O. The van der Waals surface area contributed by atoms with Crippen LogP contribution in [0.3, 0.4) is 0 Å². The summed E-state index contributed by atoms with van der Waals surface area (Å²) in [6.45, 7) is 5.87. The van der Waals surface area contributed by atoms with E-state index in [1.165, 1.54) is 0 Å². The summed E-state index contributed by atoms with van der Waals surface area (Å²) >= 11 is 12.2. The van der Waals surface area contributed by atoms with Crippen LogP contribution in [0.25, 0.3) is 0 Å². The summed E-state index contributed by atoms with van der Waals surface area (Å²) in [7, 11) is 0. The molecule has 1 saturated heterocycles. The second kappa shape index (κ2) is 9.80. The van der Waals surface area contributed by atoms with Crippen molar-refractivity contribution in [2.24, 2.45) is 11.8 Å². The second-order valence-electron chi connectivity index (χ2n) is 7.93. The molecule has 3 nitrogen and oxygen atoms in total. The highest BCUT2D eigenvalue weighted by atomic mass is 35.5. The van der Waals surface area contributed by atoms with E-state index < -0.39 is 6.10 Å². The quantitative estimate of drug-likeness (QED) is 0.534. The lowest BCUT2D eigenvalue weighted by Gasteiger charge is -2.40. The standard InChI is InChI=1S/C24H27Cl2NO2/c1-3-5-18-14-21(17-6-4-7-20(26)13-17)23(27-24(18)29)15(2)12-22(28)16-8-10-19(25)11-9-16/h3-4,6-11,13,15,18,21-23,28H,1,5,12,14H2,2H3,(H,27,29)/t15?,18-,21+,22-,23-/m0/s1. The number of rotatable bonds is 7. The Morgan fingerprint density at radius 3 is 2.59 bits per heavy atom. The predicted octanol–water partition coefficient (Wildman–Crippen LogP) is 5.92. The number of amides is 1. The number of hydrogen-bond acceptors (Lipinski definition) is 2. The van der Waals surface area contributed by atoms with E-state index in [2.05, 4.69) is 24.9 Å². The lowest BCUT2D eigenvalue weighted by atomic mass is 9.73. The van der Waals surface area contributed by atoms with Crippen molar-refractivity contribution in [2.45, 2.75) is 44.2 Å². The molecule has 0 spiro atoms. The molecule has 2 aromatic carbocycles. The highest BCUT2D eigenvalue weighted by Gasteiger charge is 2.39. The number of hydrogen-bond donors (Lipinski definition) is 2. The summed E-state index contributed by atoms with van der Waals surface area (Å²) in [6, 6.07) is 15.0. The minimum atomic E-state index is -0.620. The van der Waals surface area contributed by atoms with Crippen molar-refractivity contribution in [3.63, 3.8) is 0 Å². The van der Waals surface area contributed by atoms with Crippen LogP contribution in [0.1, 0.15) is 49.3 Å². The molecule has 1 amide bonds. The maximum Gasteiger partial charge on any atom is 0.223 e. The average molecular weight is 432 g/mol. The number of carbonyl (C=O) groups excluding carboxylic acids is 1. The van der Waals surface area contributed by atoms with E-state index in [1.54, 1.807) is 18.2 Å². The Kier molecular flexibility index (Phi) is 7.39. The molecular formula is C24H27Cl2NO2. The first-order chi connectivity index (χ1) is 13.9. The molecule has 1 heterocycles. The van der Waals surface area contributed by atoms with Crippen molar-refractivity contribution in [1.29, 1.82) is 0 Å². The van der Waals surface area contributed by atoms with Gasteiger partial charge in [0.15, 0.2) is 0 Å². The van der Waals surface area contributed by atoms with Gasteiger partial charge in [0, 0.05) is 27.9 Å². The summed E-state index contributed by atoms with van der Waals surface area (Å²) in [5, 5.41) is 15.3. The molecule has 3 rings (SSSR count). The van der Waals surface area contributed by atoms with Crippen molar-refractivity contribution < 1.29 is 9.90 Å². The molecule has 5 heteroatoms. The van der Waals surface area contributed by atoms with Gasteiger partial charge in [-0.15, -0.1) is 6.58 Å². The van der Waals surface area contributed by atoms with Crippen molar-refractivity contribution in [2.75, 3.05) is 0 Å². The molecule has 0 saturated carbocycles. The van der Waals surface area contributed by atoms with E-state index in [9.17, 15) is 9.90 Å². The molecule has 1 aliphatic heterocycles. The molecule has 1 fully saturated rings. The van der Waals surface area contributed by atoms with Crippen LogP contribution < -0.4 is 5.32 Å². The Morgan fingerprint density at radius 2 is 1.93 bits per heavy atom. The third-order valence-electron chi connectivity index (χ3n) is 5.84. The van der Waals surface area contributed by atoms with Crippen LogP contribution in [0.15, 0.2) is 61.2 Å². The average Bonchev–Trinajstić information content (AvgIpc) is 2.69. The smallest absolute Gasteiger partial charge is 0.223 e. The van der Waals surface area contributed by atoms with Gasteiger partial charge < -0.3 is 10.4 Å². The highest BCUT2D eigenvalue weighted by molar-refractivity contribution is 6.30. The van der Waals surface area contributed by atoms with Crippen molar-refractivity contribution >= 4 is 29.1 Å². The van der Waals surface area contributed by atoms with Crippen molar-refractivity contribution in [3.05, 3.63) is 82.4 Å². The minimum Gasteiger partial charge on any atom is -0.388 e. The third kappa shape index (κ3) is 5.42. The van der Waals surface area contributed by atoms with Gasteiger partial charge in [0.2, 0.25) is 5.91 Å². The molecule has 0 aromatic heterocycles. The van der Waals surface area contributed by atoms with Gasteiger partial charge in [-0.1, -0.05) is 60.5 Å². The molecule has 0 aliphatic carbocycles. The van der Waals surface area contributed by atoms with Gasteiger partial charge in [0.1, 0.15) is 0 Å². The Hall–Kier alpha value is -1.81. The zero-order valence-electron chi connectivity index (χ0n) is 16.5. The molecule has 5 atom stereocenters. The molecule has 0 bridgehead atoms. The van der Waals surface area contributed by atoms with E-state index in [0.29, 0.717) is 22.9 Å². The zero-order valence-corrected chi connectivity index (χ0v) is 18.0. The predicted molar refractivity (Wildman–Crippen MR) is 119 cm³/mol. The first kappa shape index (κ1) is 21.9. The lowest BCUT2D eigenvalue weighted by Crippen LogP contribution is -2.51. The Balaban J connectivity index is 1.82. The normalized spacial score (nSPS) is 23.9. The fraction of sp³-hybridized carbons (Fsp3) is 0.375. The number of carbonyl (C=O) groups is 1. The Labute approximate surface area is 182 Å². The summed E-state index contributed by atoms with van der Waals surface area (Å²) in [5.74, 6) is 0.157. The molecule has 29 heavy (non-hydrogen) atoms. The van der Waals surface area contributed by atoms with Crippen LogP contribution in [0, 0.1) is 11.8 Å². The van der Waals surface area contributed by atoms with Crippen LogP contribution in [-0.4, -0.2) is 17.1 Å². The molecule has 0 radical (unpaired) electrons. The third-order valence-corrected chi connectivity index (χ3v) is 6.33. The summed E-state index contributed by atoms with van der Waals surface area (Å²) in [6.07, 6.45) is 3.11.